The van der Waals surface area contributed by atoms with Crippen LogP contribution in [0.1, 0.15) is 0 Å². The first-order valence-corrected chi connectivity index (χ1v) is 4.42. The van der Waals surface area contributed by atoms with E-state index in [-0.39, 0.29) is 5.92 Å². The standard InChI is InChI=1S/C11H8N2O2/c1-15-11(14)7-2-3-9-8(5-12)6-13-10(9)4-7/h2-4,6,9H,1H3/t9-/m1/s1. The molecule has 2 rings (SSSR count). The second-order valence-electron chi connectivity index (χ2n) is 3.18. The second-order valence-corrected chi connectivity index (χ2v) is 3.18. The van der Waals surface area contributed by atoms with Crippen LogP contribution in [0.5, 0.6) is 0 Å². The first kappa shape index (κ1) is 9.41. The normalized spacial score (nSPS) is 22.1. The van der Waals surface area contributed by atoms with Crippen molar-refractivity contribution in [2.45, 2.75) is 0 Å². The van der Waals surface area contributed by atoms with Crippen molar-refractivity contribution in [2.75, 3.05) is 7.11 Å². The molecule has 0 N–H and O–H groups in total. The highest BCUT2D eigenvalue weighted by Crippen LogP contribution is 2.26. The number of allylic oxidation sites excluding steroid dienone is 3. The fraction of sp³-hybridized carbons (Fsp3) is 0.182. The number of hydrogen-bond acceptors (Lipinski definition) is 4. The van der Waals surface area contributed by atoms with Gasteiger partial charge in [0.2, 0.25) is 0 Å². The van der Waals surface area contributed by atoms with E-state index >= 15 is 0 Å². The Morgan fingerprint density at radius 1 is 1.67 bits per heavy atom. The lowest BCUT2D eigenvalue weighted by Crippen LogP contribution is -2.15. The van der Waals surface area contributed by atoms with Gasteiger partial charge in [-0.2, -0.15) is 5.26 Å². The second kappa shape index (κ2) is 3.54. The zero-order valence-electron chi connectivity index (χ0n) is 8.10. The van der Waals surface area contributed by atoms with Crippen LogP contribution in [0.2, 0.25) is 0 Å². The molecule has 0 saturated carbocycles. The summed E-state index contributed by atoms with van der Waals surface area (Å²) in [7, 11) is 1.33. The minimum atomic E-state index is -0.391. The third kappa shape index (κ3) is 1.48. The Kier molecular flexibility index (Phi) is 2.22. The molecule has 0 aromatic heterocycles. The smallest absolute Gasteiger partial charge is 0.337 e. The van der Waals surface area contributed by atoms with E-state index in [1.54, 1.807) is 18.2 Å². The van der Waals surface area contributed by atoms with E-state index in [9.17, 15) is 4.79 Å². The molecule has 0 spiro atoms. The first-order valence-electron chi connectivity index (χ1n) is 4.42. The Balaban J connectivity index is 2.27. The predicted octanol–water partition coefficient (Wildman–Crippen LogP) is 1.13. The van der Waals surface area contributed by atoms with Gasteiger partial charge in [0.15, 0.2) is 0 Å². The summed E-state index contributed by atoms with van der Waals surface area (Å²) in [5.74, 6) is -0.485. The molecule has 4 heteroatoms. The van der Waals surface area contributed by atoms with Crippen molar-refractivity contribution in [1.82, 2.24) is 0 Å². The molecule has 0 unspecified atom stereocenters. The monoisotopic (exact) mass is 200 g/mol. The molecular weight excluding hydrogens is 192 g/mol. The van der Waals surface area contributed by atoms with Crippen molar-refractivity contribution in [3.8, 4) is 6.07 Å². The average molecular weight is 200 g/mol. The topological polar surface area (TPSA) is 62.4 Å². The number of ether oxygens (including phenoxy) is 1. The van der Waals surface area contributed by atoms with Crippen LogP contribution in [0.4, 0.5) is 0 Å². The maximum absolute atomic E-state index is 11.2. The van der Waals surface area contributed by atoms with Crippen molar-refractivity contribution in [3.63, 3.8) is 0 Å². The molecule has 0 radical (unpaired) electrons. The van der Waals surface area contributed by atoms with Crippen molar-refractivity contribution >= 4 is 11.7 Å². The lowest BCUT2D eigenvalue weighted by Gasteiger charge is -2.12. The van der Waals surface area contributed by atoms with Gasteiger partial charge in [0.1, 0.15) is 0 Å². The molecule has 0 aromatic carbocycles. The number of hydrogen-bond donors (Lipinski definition) is 0. The molecule has 0 amide bonds. The zero-order chi connectivity index (χ0) is 10.8. The van der Waals surface area contributed by atoms with E-state index in [4.69, 9.17) is 5.26 Å². The number of carbonyl (C=O) groups is 1. The van der Waals surface area contributed by atoms with Gasteiger partial charge in [-0.1, -0.05) is 12.2 Å². The largest absolute Gasteiger partial charge is 0.465 e. The van der Waals surface area contributed by atoms with Gasteiger partial charge in [0.25, 0.3) is 0 Å². The molecule has 0 fully saturated rings. The summed E-state index contributed by atoms with van der Waals surface area (Å²) in [5.41, 5.74) is 1.77. The highest BCUT2D eigenvalue weighted by molar-refractivity contribution is 6.10. The minimum absolute atomic E-state index is 0.0941. The number of carbonyl (C=O) groups excluding carboxylic acids is 1. The van der Waals surface area contributed by atoms with Crippen LogP contribution in [0.15, 0.2) is 40.6 Å². The third-order valence-electron chi connectivity index (χ3n) is 2.33. The maximum atomic E-state index is 11.2. The SMILES string of the molecule is COC(=O)C1=CC2=NC=C(C#N)[C@H]2C=C1. The van der Waals surface area contributed by atoms with Gasteiger partial charge in [-0.05, 0) is 6.08 Å². The molecule has 0 bridgehead atoms. The van der Waals surface area contributed by atoms with Gasteiger partial charge in [0.05, 0.1) is 36.0 Å². The van der Waals surface area contributed by atoms with Gasteiger partial charge < -0.3 is 4.74 Å². The molecule has 1 aliphatic heterocycles. The minimum Gasteiger partial charge on any atom is -0.465 e. The third-order valence-corrected chi connectivity index (χ3v) is 2.33. The molecule has 1 heterocycles. The van der Waals surface area contributed by atoms with Crippen molar-refractivity contribution in [1.29, 1.82) is 5.26 Å². The Morgan fingerprint density at radius 3 is 3.13 bits per heavy atom. The Hall–Kier alpha value is -2.15. The zero-order valence-corrected chi connectivity index (χ0v) is 8.10. The summed E-state index contributed by atoms with van der Waals surface area (Å²) >= 11 is 0. The number of methoxy groups -OCH3 is 1. The number of rotatable bonds is 1. The van der Waals surface area contributed by atoms with Crippen LogP contribution in [0.25, 0.3) is 0 Å². The molecule has 0 saturated heterocycles. The van der Waals surface area contributed by atoms with Gasteiger partial charge in [0, 0.05) is 6.20 Å². The van der Waals surface area contributed by atoms with Gasteiger partial charge in [-0.25, -0.2) is 4.79 Å². The van der Waals surface area contributed by atoms with Crippen LogP contribution in [-0.4, -0.2) is 18.8 Å². The molecule has 4 nitrogen and oxygen atoms in total. The number of fused-ring (bicyclic) bond motifs is 1. The number of esters is 1. The quantitative estimate of drug-likeness (QED) is 0.596. The Morgan fingerprint density at radius 2 is 2.47 bits per heavy atom. The predicted molar refractivity (Wildman–Crippen MR) is 53.9 cm³/mol. The highest BCUT2D eigenvalue weighted by Gasteiger charge is 2.25. The van der Waals surface area contributed by atoms with Crippen LogP contribution in [-0.2, 0) is 9.53 Å². The number of nitriles is 1. The summed E-state index contributed by atoms with van der Waals surface area (Å²) in [4.78, 5) is 15.3. The molecule has 2 aliphatic rings. The van der Waals surface area contributed by atoms with Crippen molar-refractivity contribution in [3.05, 3.63) is 35.6 Å². The van der Waals surface area contributed by atoms with Crippen LogP contribution in [0, 0.1) is 17.2 Å². The van der Waals surface area contributed by atoms with E-state index in [1.165, 1.54) is 13.3 Å². The number of aliphatic imine (C=N–C) groups is 1. The average Bonchev–Trinajstić information content (AvgIpc) is 2.69. The van der Waals surface area contributed by atoms with E-state index < -0.39 is 5.97 Å². The van der Waals surface area contributed by atoms with Crippen LogP contribution >= 0.6 is 0 Å². The van der Waals surface area contributed by atoms with Crippen LogP contribution < -0.4 is 0 Å². The summed E-state index contributed by atoms with van der Waals surface area (Å²) in [5, 5.41) is 8.79. The van der Waals surface area contributed by atoms with E-state index in [0.29, 0.717) is 11.1 Å². The molecule has 1 aliphatic carbocycles. The molecule has 0 aromatic rings. The fourth-order valence-corrected chi connectivity index (χ4v) is 1.54. The summed E-state index contributed by atoms with van der Waals surface area (Å²) in [6.45, 7) is 0. The van der Waals surface area contributed by atoms with E-state index in [0.717, 1.165) is 5.71 Å². The summed E-state index contributed by atoms with van der Waals surface area (Å²) in [6, 6.07) is 2.07. The fourth-order valence-electron chi connectivity index (χ4n) is 1.54. The van der Waals surface area contributed by atoms with E-state index in [1.807, 2.05) is 0 Å². The van der Waals surface area contributed by atoms with Gasteiger partial charge in [-0.3, -0.25) is 4.99 Å². The number of nitrogens with zero attached hydrogens (tertiary/aromatic N) is 2. The highest BCUT2D eigenvalue weighted by atomic mass is 16.5. The first-order chi connectivity index (χ1) is 7.26. The molecule has 15 heavy (non-hydrogen) atoms. The Bertz CT molecular complexity index is 475. The molecule has 74 valence electrons. The van der Waals surface area contributed by atoms with Gasteiger partial charge in [-0.15, -0.1) is 0 Å². The van der Waals surface area contributed by atoms with Crippen molar-refractivity contribution < 1.29 is 9.53 Å². The van der Waals surface area contributed by atoms with Crippen molar-refractivity contribution in [2.24, 2.45) is 10.9 Å². The molecular formula is C11H8N2O2. The van der Waals surface area contributed by atoms with Gasteiger partial charge >= 0.3 is 5.97 Å². The maximum Gasteiger partial charge on any atom is 0.337 e. The summed E-state index contributed by atoms with van der Waals surface area (Å²) in [6.07, 6.45) is 6.62. The van der Waals surface area contributed by atoms with E-state index in [2.05, 4.69) is 15.8 Å². The summed E-state index contributed by atoms with van der Waals surface area (Å²) < 4.78 is 4.60. The lowest BCUT2D eigenvalue weighted by atomic mass is 9.91. The lowest BCUT2D eigenvalue weighted by molar-refractivity contribution is -0.135. The Labute approximate surface area is 86.9 Å². The van der Waals surface area contributed by atoms with Crippen LogP contribution in [0.3, 0.4) is 0 Å². The molecule has 1 atom stereocenters.